The van der Waals surface area contributed by atoms with Crippen molar-refractivity contribution in [1.29, 1.82) is 0 Å². The Hall–Kier alpha value is -2.49. The number of pyridine rings is 2. The summed E-state index contributed by atoms with van der Waals surface area (Å²) in [5, 5.41) is 0.977. The molecule has 3 aromatic rings. The van der Waals surface area contributed by atoms with E-state index in [1.807, 2.05) is 11.5 Å². The van der Waals surface area contributed by atoms with Gasteiger partial charge in [0, 0.05) is 29.4 Å². The predicted molar refractivity (Wildman–Crippen MR) is 117 cm³/mol. The topological polar surface area (TPSA) is 120 Å². The second kappa shape index (κ2) is 7.01. The number of nitrogens with two attached hydrogens (primary N) is 1. The molecule has 0 unspecified atom stereocenters. The summed E-state index contributed by atoms with van der Waals surface area (Å²) in [5.41, 5.74) is 7.32. The summed E-state index contributed by atoms with van der Waals surface area (Å²) < 4.78 is 30.0. The molecule has 0 bridgehead atoms. The Morgan fingerprint density at radius 3 is 2.55 bits per heavy atom. The van der Waals surface area contributed by atoms with Gasteiger partial charge in [-0.05, 0) is 57.2 Å². The lowest BCUT2D eigenvalue weighted by atomic mass is 9.92. The van der Waals surface area contributed by atoms with E-state index in [0.717, 1.165) is 32.1 Å². The Bertz CT molecular complexity index is 1310. The van der Waals surface area contributed by atoms with Crippen molar-refractivity contribution in [2.24, 2.45) is 5.73 Å². The molecule has 3 heterocycles. The first-order valence-electron chi connectivity index (χ1n) is 10.2. The van der Waals surface area contributed by atoms with E-state index in [0.29, 0.717) is 33.0 Å². The van der Waals surface area contributed by atoms with Gasteiger partial charge in [0.2, 0.25) is 10.0 Å². The first-order chi connectivity index (χ1) is 14.7. The molecule has 0 radical (unpaired) electrons. The van der Waals surface area contributed by atoms with Gasteiger partial charge in [0.1, 0.15) is 10.5 Å². The number of nitrogens with one attached hydrogen (secondary N) is 1. The number of primary amides is 1. The second-order valence-corrected chi connectivity index (χ2v) is 10.7. The minimum atomic E-state index is -3.67. The number of amides is 1. The molecule has 10 heteroatoms. The third kappa shape index (κ3) is 3.50. The van der Waals surface area contributed by atoms with Gasteiger partial charge in [-0.1, -0.05) is 11.6 Å². The number of sulfonamides is 1. The molecular weight excluding hydrogens is 438 g/mol. The minimum absolute atomic E-state index is 0.0810. The highest BCUT2D eigenvalue weighted by atomic mass is 35.5. The van der Waals surface area contributed by atoms with Crippen molar-refractivity contribution >= 4 is 38.6 Å². The zero-order valence-electron chi connectivity index (χ0n) is 16.9. The van der Waals surface area contributed by atoms with E-state index in [-0.39, 0.29) is 16.5 Å². The molecule has 2 saturated carbocycles. The first kappa shape index (κ1) is 20.4. The molecule has 0 aliphatic heterocycles. The standard InChI is InChI=1S/C21H22ClN5O3S/c1-21(7-8-21)26-31(29,30)14-5-6-16(24-11-14)18-17(19(23)28)15-9-12(22)10-25-20(15)27(18)13-3-2-4-13/h5-6,9-11,13,26H,2-4,7-8H2,1H3,(H2,23,28). The maximum absolute atomic E-state index is 12.7. The predicted octanol–water partition coefficient (Wildman–Crippen LogP) is 3.41. The Labute approximate surface area is 184 Å². The quantitative estimate of drug-likeness (QED) is 0.585. The Morgan fingerprint density at radius 2 is 2.00 bits per heavy atom. The van der Waals surface area contributed by atoms with Crippen LogP contribution in [0.5, 0.6) is 0 Å². The number of carbonyl (C=O) groups is 1. The monoisotopic (exact) mass is 459 g/mol. The minimum Gasteiger partial charge on any atom is -0.366 e. The summed E-state index contributed by atoms with van der Waals surface area (Å²) in [7, 11) is -3.67. The molecule has 0 spiro atoms. The molecule has 8 nitrogen and oxygen atoms in total. The van der Waals surface area contributed by atoms with E-state index < -0.39 is 15.9 Å². The van der Waals surface area contributed by atoms with Crippen LogP contribution in [0.25, 0.3) is 22.4 Å². The highest BCUT2D eigenvalue weighted by Crippen LogP contribution is 2.42. The lowest BCUT2D eigenvalue weighted by Crippen LogP contribution is -2.34. The van der Waals surface area contributed by atoms with E-state index >= 15 is 0 Å². The van der Waals surface area contributed by atoms with Crippen LogP contribution in [0.3, 0.4) is 0 Å². The molecule has 2 fully saturated rings. The normalized spacial score (nSPS) is 18.1. The fraction of sp³-hybridized carbons (Fsp3) is 0.381. The average Bonchev–Trinajstić information content (AvgIpc) is 3.29. The molecule has 0 atom stereocenters. The van der Waals surface area contributed by atoms with E-state index in [1.165, 1.54) is 12.3 Å². The number of halogens is 1. The lowest BCUT2D eigenvalue weighted by Gasteiger charge is -2.29. The summed E-state index contributed by atoms with van der Waals surface area (Å²) in [4.78, 5) is 21.4. The SMILES string of the molecule is CC1(NS(=O)(=O)c2ccc(-c3c(C(N)=O)c4cc(Cl)cnc4n3C3CCC3)nc2)CC1. The molecule has 2 aliphatic rings. The number of carbonyl (C=O) groups excluding carboxylic acids is 1. The van der Waals surface area contributed by atoms with Crippen molar-refractivity contribution in [3.63, 3.8) is 0 Å². The van der Waals surface area contributed by atoms with Crippen LogP contribution in [0.2, 0.25) is 5.02 Å². The summed E-state index contributed by atoms with van der Waals surface area (Å²) >= 11 is 6.15. The smallest absolute Gasteiger partial charge is 0.251 e. The third-order valence-electron chi connectivity index (χ3n) is 6.16. The van der Waals surface area contributed by atoms with Crippen molar-refractivity contribution in [3.05, 3.63) is 41.2 Å². The molecular formula is C21H22ClN5O3S. The van der Waals surface area contributed by atoms with Gasteiger partial charge >= 0.3 is 0 Å². The van der Waals surface area contributed by atoms with E-state index in [9.17, 15) is 13.2 Å². The van der Waals surface area contributed by atoms with Crippen molar-refractivity contribution in [2.45, 2.75) is 55.5 Å². The highest BCUT2D eigenvalue weighted by Gasteiger charge is 2.41. The van der Waals surface area contributed by atoms with E-state index in [1.54, 1.807) is 18.3 Å². The summed E-state index contributed by atoms with van der Waals surface area (Å²) in [6, 6.07) is 4.97. The second-order valence-electron chi connectivity index (χ2n) is 8.61. The van der Waals surface area contributed by atoms with Crippen molar-refractivity contribution in [3.8, 4) is 11.4 Å². The van der Waals surface area contributed by atoms with Crippen LogP contribution in [-0.4, -0.2) is 34.4 Å². The number of aromatic nitrogens is 3. The van der Waals surface area contributed by atoms with Gasteiger partial charge in [-0.3, -0.25) is 9.78 Å². The molecule has 3 aromatic heterocycles. The van der Waals surface area contributed by atoms with Gasteiger partial charge in [0.25, 0.3) is 5.91 Å². The Kier molecular flexibility index (Phi) is 4.62. The number of rotatable bonds is 6. The number of fused-ring (bicyclic) bond motifs is 1. The molecule has 1 amide bonds. The fourth-order valence-electron chi connectivity index (χ4n) is 4.02. The van der Waals surface area contributed by atoms with E-state index in [2.05, 4.69) is 14.7 Å². The molecule has 2 aliphatic carbocycles. The fourth-order valence-corrected chi connectivity index (χ4v) is 5.58. The molecule has 31 heavy (non-hydrogen) atoms. The van der Waals surface area contributed by atoms with Crippen LogP contribution in [0.1, 0.15) is 55.4 Å². The van der Waals surface area contributed by atoms with Crippen molar-refractivity contribution < 1.29 is 13.2 Å². The van der Waals surface area contributed by atoms with Crippen LogP contribution < -0.4 is 10.5 Å². The Morgan fingerprint density at radius 1 is 1.26 bits per heavy atom. The highest BCUT2D eigenvalue weighted by molar-refractivity contribution is 7.89. The van der Waals surface area contributed by atoms with Gasteiger partial charge in [-0.2, -0.15) is 0 Å². The number of hydrogen-bond donors (Lipinski definition) is 2. The van der Waals surface area contributed by atoms with Gasteiger partial charge in [0.05, 0.1) is 22.0 Å². The van der Waals surface area contributed by atoms with Crippen LogP contribution in [0.15, 0.2) is 35.5 Å². The third-order valence-corrected chi connectivity index (χ3v) is 8.00. The maximum Gasteiger partial charge on any atom is 0.251 e. The molecule has 0 saturated heterocycles. The van der Waals surface area contributed by atoms with Gasteiger partial charge in [0.15, 0.2) is 0 Å². The molecule has 0 aromatic carbocycles. The first-order valence-corrected chi connectivity index (χ1v) is 12.0. The van der Waals surface area contributed by atoms with Crippen LogP contribution in [-0.2, 0) is 10.0 Å². The van der Waals surface area contributed by atoms with Gasteiger partial charge < -0.3 is 10.3 Å². The van der Waals surface area contributed by atoms with Crippen LogP contribution >= 0.6 is 11.6 Å². The molecule has 162 valence electrons. The maximum atomic E-state index is 12.7. The van der Waals surface area contributed by atoms with Gasteiger partial charge in [-0.25, -0.2) is 18.1 Å². The lowest BCUT2D eigenvalue weighted by molar-refractivity contribution is 0.100. The molecule has 3 N–H and O–H groups in total. The summed E-state index contributed by atoms with van der Waals surface area (Å²) in [6.07, 6.45) is 7.48. The van der Waals surface area contributed by atoms with Crippen LogP contribution in [0, 0.1) is 0 Å². The number of hydrogen-bond acceptors (Lipinski definition) is 5. The van der Waals surface area contributed by atoms with Crippen LogP contribution in [0.4, 0.5) is 0 Å². The van der Waals surface area contributed by atoms with E-state index in [4.69, 9.17) is 17.3 Å². The zero-order chi connectivity index (χ0) is 22.0. The number of nitrogens with zero attached hydrogens (tertiary/aromatic N) is 3. The summed E-state index contributed by atoms with van der Waals surface area (Å²) in [6.45, 7) is 1.88. The van der Waals surface area contributed by atoms with Crippen molar-refractivity contribution in [1.82, 2.24) is 19.3 Å². The Balaban J connectivity index is 1.66. The van der Waals surface area contributed by atoms with Crippen molar-refractivity contribution in [2.75, 3.05) is 0 Å². The summed E-state index contributed by atoms with van der Waals surface area (Å²) in [5.74, 6) is -0.607. The average molecular weight is 460 g/mol. The zero-order valence-corrected chi connectivity index (χ0v) is 18.5. The largest absolute Gasteiger partial charge is 0.366 e. The molecule has 5 rings (SSSR count). The van der Waals surface area contributed by atoms with Gasteiger partial charge in [-0.15, -0.1) is 0 Å².